The Morgan fingerprint density at radius 1 is 1.48 bits per heavy atom. The summed E-state index contributed by atoms with van der Waals surface area (Å²) in [4.78, 5) is 17.1. The van der Waals surface area contributed by atoms with E-state index in [1.165, 1.54) is 0 Å². The standard InChI is InChI=1S/C15H17N3O3S2/c1-11-5-8-22-13(11)10-17(2)15(19)12-4-3-6-18-7-9-23(20,21)16-14(12)18/h3-6,8H,7,9-10H2,1-2H3. The predicted octanol–water partition coefficient (Wildman–Crippen LogP) is 1.51. The van der Waals surface area contributed by atoms with Crippen LogP contribution in [0.4, 0.5) is 0 Å². The highest BCUT2D eigenvalue weighted by Crippen LogP contribution is 2.22. The molecule has 3 heterocycles. The summed E-state index contributed by atoms with van der Waals surface area (Å²) in [6, 6.07) is 2.01. The molecule has 2 aliphatic heterocycles. The summed E-state index contributed by atoms with van der Waals surface area (Å²) >= 11 is 1.60. The Balaban J connectivity index is 1.86. The number of nitrogens with zero attached hydrogens (tertiary/aromatic N) is 3. The van der Waals surface area contributed by atoms with Gasteiger partial charge in [0.1, 0.15) is 0 Å². The van der Waals surface area contributed by atoms with Crippen molar-refractivity contribution in [3.8, 4) is 0 Å². The monoisotopic (exact) mass is 351 g/mol. The number of rotatable bonds is 3. The van der Waals surface area contributed by atoms with Crippen LogP contribution in [-0.4, -0.2) is 49.3 Å². The van der Waals surface area contributed by atoms with E-state index in [0.29, 0.717) is 18.7 Å². The van der Waals surface area contributed by atoms with Gasteiger partial charge in [0.05, 0.1) is 17.9 Å². The average molecular weight is 351 g/mol. The zero-order valence-electron chi connectivity index (χ0n) is 12.9. The number of carbonyl (C=O) groups excluding carboxylic acids is 1. The number of hydrogen-bond acceptors (Lipinski definition) is 5. The van der Waals surface area contributed by atoms with Crippen molar-refractivity contribution in [1.29, 1.82) is 0 Å². The second-order valence-corrected chi connectivity index (χ2v) is 8.26. The minimum Gasteiger partial charge on any atom is -0.336 e. The molecule has 1 amide bonds. The first-order chi connectivity index (χ1) is 10.9. The molecule has 1 aromatic heterocycles. The van der Waals surface area contributed by atoms with Crippen LogP contribution in [0.3, 0.4) is 0 Å². The SMILES string of the molecule is Cc1ccsc1CN(C)C(=O)C1=CC=CN2CCS(=O)(=O)N=C12. The number of thiophene rings is 1. The maximum atomic E-state index is 12.7. The molecule has 0 spiro atoms. The number of likely N-dealkylation sites (N-methyl/N-ethyl adjacent to an activating group) is 1. The first kappa shape index (κ1) is 15.9. The zero-order chi connectivity index (χ0) is 16.6. The zero-order valence-corrected chi connectivity index (χ0v) is 14.5. The lowest BCUT2D eigenvalue weighted by molar-refractivity contribution is -0.125. The molecule has 0 saturated heterocycles. The molecule has 8 heteroatoms. The van der Waals surface area contributed by atoms with Gasteiger partial charge in [0.25, 0.3) is 15.9 Å². The van der Waals surface area contributed by atoms with Crippen molar-refractivity contribution in [2.45, 2.75) is 13.5 Å². The van der Waals surface area contributed by atoms with Crippen LogP contribution in [0.1, 0.15) is 10.4 Å². The second kappa shape index (κ2) is 5.93. The van der Waals surface area contributed by atoms with E-state index in [4.69, 9.17) is 0 Å². The molecule has 0 bridgehead atoms. The molecule has 122 valence electrons. The van der Waals surface area contributed by atoms with Crippen LogP contribution in [0.25, 0.3) is 0 Å². The first-order valence-corrected chi connectivity index (χ1v) is 9.63. The summed E-state index contributed by atoms with van der Waals surface area (Å²) in [5, 5.41) is 1.99. The fraction of sp³-hybridized carbons (Fsp3) is 0.333. The Morgan fingerprint density at radius 3 is 2.96 bits per heavy atom. The number of hydrogen-bond donors (Lipinski definition) is 0. The molecular formula is C15H17N3O3S2. The van der Waals surface area contributed by atoms with Gasteiger partial charge in [0.15, 0.2) is 5.84 Å². The number of aryl methyl sites for hydroxylation is 1. The van der Waals surface area contributed by atoms with Gasteiger partial charge in [-0.15, -0.1) is 15.7 Å². The fourth-order valence-electron chi connectivity index (χ4n) is 2.44. The summed E-state index contributed by atoms with van der Waals surface area (Å²) in [7, 11) is -1.79. The normalized spacial score (nSPS) is 19.0. The molecule has 23 heavy (non-hydrogen) atoms. The molecule has 6 nitrogen and oxygen atoms in total. The van der Waals surface area contributed by atoms with E-state index in [2.05, 4.69) is 4.40 Å². The van der Waals surface area contributed by atoms with Gasteiger partial charge < -0.3 is 9.80 Å². The molecule has 0 N–H and O–H groups in total. The Kier molecular flexibility index (Phi) is 4.11. The van der Waals surface area contributed by atoms with Crippen molar-refractivity contribution in [1.82, 2.24) is 9.80 Å². The Morgan fingerprint density at radius 2 is 2.26 bits per heavy atom. The van der Waals surface area contributed by atoms with Crippen LogP contribution in [0.15, 0.2) is 39.8 Å². The van der Waals surface area contributed by atoms with Crippen LogP contribution in [-0.2, 0) is 21.4 Å². The lowest BCUT2D eigenvalue weighted by Crippen LogP contribution is -2.42. The van der Waals surface area contributed by atoms with Crippen molar-refractivity contribution in [3.63, 3.8) is 0 Å². The maximum Gasteiger partial charge on any atom is 0.257 e. The quantitative estimate of drug-likeness (QED) is 0.828. The van der Waals surface area contributed by atoms with Crippen molar-refractivity contribution >= 4 is 33.1 Å². The van der Waals surface area contributed by atoms with E-state index < -0.39 is 10.0 Å². The third kappa shape index (κ3) is 3.23. The van der Waals surface area contributed by atoms with Gasteiger partial charge in [-0.25, -0.2) is 8.42 Å². The molecule has 0 aromatic carbocycles. The summed E-state index contributed by atoms with van der Waals surface area (Å²) in [5.41, 5.74) is 1.46. The predicted molar refractivity (Wildman–Crippen MR) is 90.7 cm³/mol. The number of allylic oxidation sites excluding steroid dienone is 2. The van der Waals surface area contributed by atoms with Gasteiger partial charge >= 0.3 is 0 Å². The van der Waals surface area contributed by atoms with Crippen molar-refractivity contribution in [2.24, 2.45) is 4.40 Å². The first-order valence-electron chi connectivity index (χ1n) is 7.14. The topological polar surface area (TPSA) is 70.1 Å². The smallest absolute Gasteiger partial charge is 0.257 e. The summed E-state index contributed by atoms with van der Waals surface area (Å²) < 4.78 is 27.3. The van der Waals surface area contributed by atoms with E-state index in [-0.39, 0.29) is 17.5 Å². The number of fused-ring (bicyclic) bond motifs is 1. The number of carbonyl (C=O) groups is 1. The average Bonchev–Trinajstić information content (AvgIpc) is 2.90. The van der Waals surface area contributed by atoms with Crippen LogP contribution in [0, 0.1) is 6.92 Å². The van der Waals surface area contributed by atoms with Crippen molar-refractivity contribution in [3.05, 3.63) is 45.8 Å². The highest BCUT2D eigenvalue weighted by molar-refractivity contribution is 7.90. The molecular weight excluding hydrogens is 334 g/mol. The number of amides is 1. The summed E-state index contributed by atoms with van der Waals surface area (Å²) in [5.74, 6) is -0.0477. The van der Waals surface area contributed by atoms with Gasteiger partial charge in [-0.05, 0) is 36.1 Å². The largest absolute Gasteiger partial charge is 0.336 e. The molecule has 1 aromatic rings. The fourth-order valence-corrected chi connectivity index (χ4v) is 4.39. The summed E-state index contributed by atoms with van der Waals surface area (Å²) in [6.07, 6.45) is 5.11. The van der Waals surface area contributed by atoms with Crippen molar-refractivity contribution < 1.29 is 13.2 Å². The molecule has 0 unspecified atom stereocenters. The maximum absolute atomic E-state index is 12.7. The Labute approximate surface area is 139 Å². The highest BCUT2D eigenvalue weighted by Gasteiger charge is 2.31. The second-order valence-electron chi connectivity index (χ2n) is 5.50. The van der Waals surface area contributed by atoms with Gasteiger partial charge in [-0.2, -0.15) is 0 Å². The third-order valence-corrected chi connectivity index (χ3v) is 5.94. The molecule has 3 rings (SSSR count). The van der Waals surface area contributed by atoms with E-state index in [0.717, 1.165) is 10.4 Å². The summed E-state index contributed by atoms with van der Waals surface area (Å²) in [6.45, 7) is 2.81. The lowest BCUT2D eigenvalue weighted by Gasteiger charge is -2.30. The molecule has 0 fully saturated rings. The van der Waals surface area contributed by atoms with Gasteiger partial charge in [0, 0.05) is 24.7 Å². The van der Waals surface area contributed by atoms with Crippen LogP contribution in [0.5, 0.6) is 0 Å². The Hall–Kier alpha value is -1.93. The van der Waals surface area contributed by atoms with Crippen LogP contribution < -0.4 is 0 Å². The van der Waals surface area contributed by atoms with E-state index in [1.54, 1.807) is 46.5 Å². The molecule has 0 saturated carbocycles. The minimum absolute atomic E-state index is 0.0352. The van der Waals surface area contributed by atoms with E-state index >= 15 is 0 Å². The van der Waals surface area contributed by atoms with E-state index in [9.17, 15) is 13.2 Å². The van der Waals surface area contributed by atoms with E-state index in [1.807, 2.05) is 18.4 Å². The van der Waals surface area contributed by atoms with Gasteiger partial charge in [-0.1, -0.05) is 0 Å². The lowest BCUT2D eigenvalue weighted by atomic mass is 10.1. The highest BCUT2D eigenvalue weighted by atomic mass is 32.2. The molecule has 0 aliphatic carbocycles. The van der Waals surface area contributed by atoms with Gasteiger partial charge in [0.2, 0.25) is 0 Å². The van der Waals surface area contributed by atoms with Crippen LogP contribution >= 0.6 is 11.3 Å². The molecule has 2 aliphatic rings. The third-order valence-electron chi connectivity index (χ3n) is 3.78. The van der Waals surface area contributed by atoms with Gasteiger partial charge in [-0.3, -0.25) is 4.79 Å². The Bertz CT molecular complexity index is 834. The van der Waals surface area contributed by atoms with Crippen molar-refractivity contribution in [2.75, 3.05) is 19.3 Å². The molecule has 0 radical (unpaired) electrons. The van der Waals surface area contributed by atoms with Crippen LogP contribution in [0.2, 0.25) is 0 Å². The number of amidine groups is 1. The number of sulfonamides is 1. The molecule has 0 atom stereocenters. The minimum atomic E-state index is -3.50.